The van der Waals surface area contributed by atoms with E-state index in [9.17, 15) is 35.4 Å². The summed E-state index contributed by atoms with van der Waals surface area (Å²) in [6.45, 7) is 3.63. The van der Waals surface area contributed by atoms with Crippen LogP contribution < -0.4 is 5.32 Å². The number of allylic oxidation sites excluding steroid dienone is 5. The van der Waals surface area contributed by atoms with E-state index in [0.717, 1.165) is 44.9 Å². The molecule has 0 aromatic rings. The first-order valence-corrected chi connectivity index (χ1v) is 27.8. The second-order valence-electron chi connectivity index (χ2n) is 19.5. The van der Waals surface area contributed by atoms with Crippen LogP contribution in [-0.2, 0) is 14.3 Å². The lowest BCUT2D eigenvalue weighted by Crippen LogP contribution is -2.60. The largest absolute Gasteiger partial charge is 0.394 e. The minimum atomic E-state index is -1.61. The number of rotatable bonds is 47. The van der Waals surface area contributed by atoms with Crippen LogP contribution in [0.5, 0.6) is 0 Å². The van der Waals surface area contributed by atoms with Gasteiger partial charge < -0.3 is 45.4 Å². The van der Waals surface area contributed by atoms with E-state index in [1.807, 2.05) is 6.08 Å². The predicted octanol–water partition coefficient (Wildman–Crippen LogP) is 12.2. The number of carbonyl (C=O) groups excluding carboxylic acids is 1. The van der Waals surface area contributed by atoms with E-state index < -0.39 is 61.5 Å². The van der Waals surface area contributed by atoms with E-state index in [0.29, 0.717) is 12.8 Å². The van der Waals surface area contributed by atoms with Gasteiger partial charge in [0.25, 0.3) is 0 Å². The lowest BCUT2D eigenvalue weighted by Gasteiger charge is -2.40. The van der Waals surface area contributed by atoms with Crippen molar-refractivity contribution in [1.82, 2.24) is 5.32 Å². The number of unbranched alkanes of at least 4 members (excludes halogenated alkanes) is 32. The highest BCUT2D eigenvalue weighted by Gasteiger charge is 2.44. The quantitative estimate of drug-likeness (QED) is 0.0232. The number of hydrogen-bond acceptors (Lipinski definition) is 9. The Bertz CT molecular complexity index is 1150. The Morgan fingerprint density at radius 3 is 1.35 bits per heavy atom. The van der Waals surface area contributed by atoms with Crippen molar-refractivity contribution < 1.29 is 44.9 Å². The van der Waals surface area contributed by atoms with Crippen LogP contribution in [0.3, 0.4) is 0 Å². The molecule has 66 heavy (non-hydrogen) atoms. The Morgan fingerprint density at radius 1 is 0.530 bits per heavy atom. The summed E-state index contributed by atoms with van der Waals surface area (Å²) in [6.07, 6.45) is 48.1. The number of aliphatic hydroxyl groups is 6. The van der Waals surface area contributed by atoms with Crippen molar-refractivity contribution in [2.45, 2.75) is 300 Å². The lowest BCUT2D eigenvalue weighted by molar-refractivity contribution is -0.302. The maximum atomic E-state index is 13.1. The summed E-state index contributed by atoms with van der Waals surface area (Å²) in [7, 11) is 0. The summed E-state index contributed by atoms with van der Waals surface area (Å²) in [6, 6.07) is -0.981. The molecular formula is C56H105NO9. The molecule has 10 nitrogen and oxygen atoms in total. The topological polar surface area (TPSA) is 169 Å². The van der Waals surface area contributed by atoms with E-state index in [1.54, 1.807) is 6.08 Å². The first kappa shape index (κ1) is 62.4. The molecule has 0 spiro atoms. The van der Waals surface area contributed by atoms with E-state index in [4.69, 9.17) is 9.47 Å². The summed E-state index contributed by atoms with van der Waals surface area (Å²) >= 11 is 0. The zero-order valence-corrected chi connectivity index (χ0v) is 42.6. The molecule has 0 saturated carbocycles. The van der Waals surface area contributed by atoms with Crippen molar-refractivity contribution >= 4 is 5.91 Å². The summed E-state index contributed by atoms with van der Waals surface area (Å²) in [5.74, 6) is -0.617. The minimum absolute atomic E-state index is 0.306. The Kier molecular flexibility index (Phi) is 43.3. The highest BCUT2D eigenvalue weighted by molar-refractivity contribution is 5.80. The molecule has 1 saturated heterocycles. The lowest BCUT2D eigenvalue weighted by atomic mass is 9.99. The molecule has 0 aliphatic carbocycles. The smallest absolute Gasteiger partial charge is 0.249 e. The van der Waals surface area contributed by atoms with E-state index >= 15 is 0 Å². The summed E-state index contributed by atoms with van der Waals surface area (Å²) in [4.78, 5) is 13.1. The molecule has 0 bridgehead atoms. The average molecular weight is 936 g/mol. The average Bonchev–Trinajstić information content (AvgIpc) is 3.32. The summed E-state index contributed by atoms with van der Waals surface area (Å²) in [5, 5.41) is 64.9. The normalized spacial score (nSPS) is 20.5. The highest BCUT2D eigenvalue weighted by atomic mass is 16.7. The number of hydrogen-bond donors (Lipinski definition) is 7. The van der Waals surface area contributed by atoms with Gasteiger partial charge in [-0.05, 0) is 51.4 Å². The third kappa shape index (κ3) is 34.6. The molecule has 0 aromatic carbocycles. The van der Waals surface area contributed by atoms with Crippen LogP contribution in [0.2, 0.25) is 0 Å². The Hall–Kier alpha value is -1.63. The number of nitrogens with one attached hydrogen (secondary N) is 1. The third-order valence-corrected chi connectivity index (χ3v) is 13.3. The van der Waals surface area contributed by atoms with Crippen LogP contribution in [0.25, 0.3) is 0 Å². The number of amides is 1. The molecule has 10 heteroatoms. The molecule has 8 unspecified atom stereocenters. The molecule has 1 amide bonds. The Morgan fingerprint density at radius 2 is 0.924 bits per heavy atom. The fraction of sp³-hybridized carbons (Fsp3) is 0.875. The van der Waals surface area contributed by atoms with Crippen molar-refractivity contribution in [3.8, 4) is 0 Å². The van der Waals surface area contributed by atoms with Gasteiger partial charge in [0.2, 0.25) is 5.91 Å². The van der Waals surface area contributed by atoms with Gasteiger partial charge >= 0.3 is 0 Å². The van der Waals surface area contributed by atoms with Crippen molar-refractivity contribution in [2.24, 2.45) is 0 Å². The molecule has 0 radical (unpaired) electrons. The minimum Gasteiger partial charge on any atom is -0.394 e. The fourth-order valence-corrected chi connectivity index (χ4v) is 8.78. The zero-order chi connectivity index (χ0) is 48.1. The summed E-state index contributed by atoms with van der Waals surface area (Å²) < 4.78 is 11.2. The monoisotopic (exact) mass is 936 g/mol. The van der Waals surface area contributed by atoms with Crippen LogP contribution in [0.15, 0.2) is 36.5 Å². The molecule has 1 aliphatic heterocycles. The zero-order valence-electron chi connectivity index (χ0n) is 42.6. The third-order valence-electron chi connectivity index (χ3n) is 13.3. The second kappa shape index (κ2) is 45.8. The molecule has 1 rings (SSSR count). The van der Waals surface area contributed by atoms with Crippen molar-refractivity contribution in [2.75, 3.05) is 13.2 Å². The van der Waals surface area contributed by atoms with Crippen molar-refractivity contribution in [3.05, 3.63) is 36.5 Å². The van der Waals surface area contributed by atoms with Gasteiger partial charge in [0.05, 0.1) is 25.4 Å². The Balaban J connectivity index is 2.27. The number of ether oxygens (including phenoxy) is 2. The van der Waals surface area contributed by atoms with E-state index in [1.165, 1.54) is 180 Å². The molecular weight excluding hydrogens is 831 g/mol. The number of aliphatic hydroxyl groups excluding tert-OH is 6. The van der Waals surface area contributed by atoms with Gasteiger partial charge in [-0.1, -0.05) is 237 Å². The van der Waals surface area contributed by atoms with Crippen LogP contribution >= 0.6 is 0 Å². The standard InChI is InChI=1S/C56H105NO9/c1-3-5-7-9-11-13-15-17-19-20-21-22-23-24-25-26-27-28-29-31-33-35-37-39-41-43-45-50(60)55(64)57-48(47-65-56-54(63)53(62)52(61)51(46-58)66-56)49(59)44-42-40-38-36-34-32-30-18-16-14-12-10-8-6-4-2/h21-22,24-25,42,44,48-54,56,58-63H,3-20,23,26-41,43,45-47H2,1-2H3,(H,57,64)/b22-21-,25-24-,44-42+. The van der Waals surface area contributed by atoms with Crippen LogP contribution in [0.1, 0.15) is 251 Å². The molecule has 388 valence electrons. The molecule has 1 aliphatic rings. The van der Waals surface area contributed by atoms with Crippen LogP contribution in [0.4, 0.5) is 0 Å². The van der Waals surface area contributed by atoms with Gasteiger partial charge in [-0.25, -0.2) is 0 Å². The number of carbonyl (C=O) groups is 1. The molecule has 1 heterocycles. The summed E-state index contributed by atoms with van der Waals surface area (Å²) in [5.41, 5.74) is 0. The molecule has 8 atom stereocenters. The second-order valence-corrected chi connectivity index (χ2v) is 19.5. The molecule has 1 fully saturated rings. The van der Waals surface area contributed by atoms with Crippen LogP contribution in [-0.4, -0.2) is 98.7 Å². The maximum absolute atomic E-state index is 13.1. The highest BCUT2D eigenvalue weighted by Crippen LogP contribution is 2.23. The van der Waals surface area contributed by atoms with Gasteiger partial charge in [0, 0.05) is 0 Å². The van der Waals surface area contributed by atoms with Crippen molar-refractivity contribution in [3.63, 3.8) is 0 Å². The fourth-order valence-electron chi connectivity index (χ4n) is 8.78. The predicted molar refractivity (Wildman–Crippen MR) is 273 cm³/mol. The molecule has 7 N–H and O–H groups in total. The van der Waals surface area contributed by atoms with Gasteiger partial charge in [0.15, 0.2) is 6.29 Å². The first-order valence-electron chi connectivity index (χ1n) is 27.8. The van der Waals surface area contributed by atoms with E-state index in [-0.39, 0.29) is 6.61 Å². The van der Waals surface area contributed by atoms with E-state index in [2.05, 4.69) is 43.5 Å². The molecule has 0 aromatic heterocycles. The first-order chi connectivity index (χ1) is 32.3. The van der Waals surface area contributed by atoms with Gasteiger partial charge in [-0.2, -0.15) is 0 Å². The SMILES string of the molecule is CCCCCCCCCCC/C=C\C/C=C\CCCCCCCCCCCCC(O)C(=O)NC(COC1OC(CO)C(O)C(O)C1O)C(O)/C=C/CCCCCCCCCCCCCCC. The Labute approximate surface area is 404 Å². The maximum Gasteiger partial charge on any atom is 0.249 e. The van der Waals surface area contributed by atoms with Crippen molar-refractivity contribution in [1.29, 1.82) is 0 Å². The van der Waals surface area contributed by atoms with Crippen LogP contribution in [0, 0.1) is 0 Å². The van der Waals surface area contributed by atoms with Gasteiger partial charge in [-0.15, -0.1) is 0 Å². The van der Waals surface area contributed by atoms with Gasteiger partial charge in [0.1, 0.15) is 30.5 Å². The van der Waals surface area contributed by atoms with Gasteiger partial charge in [-0.3, -0.25) is 4.79 Å².